The lowest BCUT2D eigenvalue weighted by atomic mass is 10.1. The van der Waals surface area contributed by atoms with Crippen molar-refractivity contribution < 1.29 is 4.79 Å². The van der Waals surface area contributed by atoms with Gasteiger partial charge < -0.3 is 4.90 Å². The van der Waals surface area contributed by atoms with Crippen molar-refractivity contribution in [1.29, 1.82) is 0 Å². The number of thiophene rings is 1. The van der Waals surface area contributed by atoms with Gasteiger partial charge in [-0.2, -0.15) is 0 Å². The van der Waals surface area contributed by atoms with Crippen LogP contribution < -0.4 is 4.90 Å². The summed E-state index contributed by atoms with van der Waals surface area (Å²) in [7, 11) is 1.84. The Hall–Kier alpha value is -2.13. The Balaban J connectivity index is 1.93. The van der Waals surface area contributed by atoms with Crippen molar-refractivity contribution in [3.63, 3.8) is 0 Å². The summed E-state index contributed by atoms with van der Waals surface area (Å²) in [4.78, 5) is 16.5. The lowest BCUT2D eigenvalue weighted by Crippen LogP contribution is -2.25. The summed E-state index contributed by atoms with van der Waals surface area (Å²) >= 11 is 1.60. The highest BCUT2D eigenvalue weighted by atomic mass is 32.1. The van der Waals surface area contributed by atoms with Crippen LogP contribution in [0.25, 0.3) is 10.8 Å². The van der Waals surface area contributed by atoms with Crippen LogP contribution >= 0.6 is 11.3 Å². The molecule has 3 rings (SSSR count). The first-order valence-electron chi connectivity index (χ1n) is 7.46. The Morgan fingerprint density at radius 1 is 1.09 bits per heavy atom. The maximum Gasteiger partial charge on any atom is 0.268 e. The smallest absolute Gasteiger partial charge is 0.268 e. The van der Waals surface area contributed by atoms with Crippen molar-refractivity contribution in [1.82, 2.24) is 0 Å². The molecule has 0 atom stereocenters. The molecule has 0 spiro atoms. The summed E-state index contributed by atoms with van der Waals surface area (Å²) in [6.45, 7) is 4.20. The lowest BCUT2D eigenvalue weighted by molar-refractivity contribution is 0.0997. The predicted molar refractivity (Wildman–Crippen MR) is 95.1 cm³/mol. The van der Waals surface area contributed by atoms with E-state index in [4.69, 9.17) is 0 Å². The number of hydrogen-bond donors (Lipinski definition) is 0. The normalized spacial score (nSPS) is 10.9. The van der Waals surface area contributed by atoms with E-state index in [2.05, 4.69) is 38.1 Å². The standard InChI is InChI=1S/C19H19NOS/c1-4-17-13(2)11-18(22-17)19(21)20(3)16-10-9-14-7-5-6-8-15(14)12-16/h5-12H,4H2,1-3H3. The fourth-order valence-electron chi connectivity index (χ4n) is 2.64. The van der Waals surface area contributed by atoms with E-state index in [0.29, 0.717) is 0 Å². The average molecular weight is 309 g/mol. The van der Waals surface area contributed by atoms with Gasteiger partial charge in [-0.3, -0.25) is 4.79 Å². The zero-order chi connectivity index (χ0) is 15.7. The first kappa shape index (κ1) is 14.8. The molecule has 0 fully saturated rings. The molecular weight excluding hydrogens is 290 g/mol. The number of carbonyl (C=O) groups is 1. The molecule has 0 unspecified atom stereocenters. The quantitative estimate of drug-likeness (QED) is 0.663. The van der Waals surface area contributed by atoms with Gasteiger partial charge in [0.05, 0.1) is 4.88 Å². The monoisotopic (exact) mass is 309 g/mol. The Morgan fingerprint density at radius 2 is 1.82 bits per heavy atom. The van der Waals surface area contributed by atoms with E-state index in [1.54, 1.807) is 16.2 Å². The SMILES string of the molecule is CCc1sc(C(=O)N(C)c2ccc3ccccc3c2)cc1C. The largest absolute Gasteiger partial charge is 0.311 e. The van der Waals surface area contributed by atoms with Gasteiger partial charge in [-0.25, -0.2) is 0 Å². The van der Waals surface area contributed by atoms with Crippen molar-refractivity contribution in [3.8, 4) is 0 Å². The minimum Gasteiger partial charge on any atom is -0.311 e. The molecule has 0 saturated heterocycles. The molecule has 2 aromatic carbocycles. The summed E-state index contributed by atoms with van der Waals surface area (Å²) in [6, 6.07) is 16.3. The topological polar surface area (TPSA) is 20.3 Å². The fraction of sp³-hybridized carbons (Fsp3) is 0.211. The Bertz CT molecular complexity index is 834. The predicted octanol–water partition coefficient (Wildman–Crippen LogP) is 5.05. The van der Waals surface area contributed by atoms with Crippen LogP contribution in [0.4, 0.5) is 5.69 Å². The van der Waals surface area contributed by atoms with Crippen LogP contribution in [0.2, 0.25) is 0 Å². The number of hydrogen-bond acceptors (Lipinski definition) is 2. The van der Waals surface area contributed by atoms with Gasteiger partial charge in [0, 0.05) is 17.6 Å². The molecule has 22 heavy (non-hydrogen) atoms. The van der Waals surface area contributed by atoms with E-state index in [1.807, 2.05) is 31.3 Å². The maximum absolute atomic E-state index is 12.7. The number of fused-ring (bicyclic) bond motifs is 1. The van der Waals surface area contributed by atoms with Crippen molar-refractivity contribution >= 4 is 33.7 Å². The highest BCUT2D eigenvalue weighted by Crippen LogP contribution is 2.27. The molecule has 0 saturated carbocycles. The van der Waals surface area contributed by atoms with E-state index in [9.17, 15) is 4.79 Å². The molecule has 3 heteroatoms. The third-order valence-electron chi connectivity index (χ3n) is 3.98. The van der Waals surface area contributed by atoms with E-state index < -0.39 is 0 Å². The van der Waals surface area contributed by atoms with Gasteiger partial charge in [0.1, 0.15) is 0 Å². The molecular formula is C19H19NOS. The number of amides is 1. The van der Waals surface area contributed by atoms with Crippen LogP contribution in [0, 0.1) is 6.92 Å². The molecule has 0 aliphatic heterocycles. The van der Waals surface area contributed by atoms with E-state index in [-0.39, 0.29) is 5.91 Å². The minimum atomic E-state index is 0.0584. The maximum atomic E-state index is 12.7. The van der Waals surface area contributed by atoms with Gasteiger partial charge in [-0.1, -0.05) is 37.3 Å². The third kappa shape index (κ3) is 2.64. The molecule has 1 amide bonds. The van der Waals surface area contributed by atoms with E-state index in [0.717, 1.165) is 22.4 Å². The van der Waals surface area contributed by atoms with Crippen LogP contribution in [0.1, 0.15) is 27.0 Å². The molecule has 112 valence electrons. The van der Waals surface area contributed by atoms with E-state index in [1.165, 1.54) is 15.8 Å². The van der Waals surface area contributed by atoms with Crippen LogP contribution in [-0.4, -0.2) is 13.0 Å². The Labute approximate surface area is 135 Å². The molecule has 1 heterocycles. The van der Waals surface area contributed by atoms with Gasteiger partial charge in [0.15, 0.2) is 0 Å². The highest BCUT2D eigenvalue weighted by Gasteiger charge is 2.17. The Morgan fingerprint density at radius 3 is 2.50 bits per heavy atom. The van der Waals surface area contributed by atoms with Gasteiger partial charge in [-0.15, -0.1) is 11.3 Å². The second-order valence-electron chi connectivity index (χ2n) is 5.47. The second-order valence-corrected chi connectivity index (χ2v) is 6.60. The van der Waals surface area contributed by atoms with Crippen molar-refractivity contribution in [2.45, 2.75) is 20.3 Å². The molecule has 0 aliphatic carbocycles. The molecule has 0 N–H and O–H groups in total. The van der Waals surface area contributed by atoms with Crippen molar-refractivity contribution in [3.05, 3.63) is 63.8 Å². The number of benzene rings is 2. The van der Waals surface area contributed by atoms with Gasteiger partial charge in [0.2, 0.25) is 0 Å². The van der Waals surface area contributed by atoms with Crippen LogP contribution in [0.5, 0.6) is 0 Å². The van der Waals surface area contributed by atoms with E-state index >= 15 is 0 Å². The van der Waals surface area contributed by atoms with Crippen LogP contribution in [0.15, 0.2) is 48.5 Å². The summed E-state index contributed by atoms with van der Waals surface area (Å²) < 4.78 is 0. The molecule has 0 radical (unpaired) electrons. The number of nitrogens with zero attached hydrogens (tertiary/aromatic N) is 1. The number of aryl methyl sites for hydroxylation is 2. The Kier molecular flexibility index (Phi) is 3.99. The van der Waals surface area contributed by atoms with Crippen molar-refractivity contribution in [2.75, 3.05) is 11.9 Å². The van der Waals surface area contributed by atoms with Gasteiger partial charge in [0.25, 0.3) is 5.91 Å². The zero-order valence-electron chi connectivity index (χ0n) is 13.1. The average Bonchev–Trinajstić information content (AvgIpc) is 2.94. The first-order chi connectivity index (χ1) is 10.6. The second kappa shape index (κ2) is 5.93. The summed E-state index contributed by atoms with van der Waals surface area (Å²) in [5.41, 5.74) is 2.13. The summed E-state index contributed by atoms with van der Waals surface area (Å²) in [5.74, 6) is 0.0584. The number of anilines is 1. The first-order valence-corrected chi connectivity index (χ1v) is 8.28. The lowest BCUT2D eigenvalue weighted by Gasteiger charge is -2.17. The molecule has 3 aromatic rings. The zero-order valence-corrected chi connectivity index (χ0v) is 13.9. The third-order valence-corrected chi connectivity index (χ3v) is 5.35. The highest BCUT2D eigenvalue weighted by molar-refractivity contribution is 7.14. The van der Waals surface area contributed by atoms with Crippen LogP contribution in [0.3, 0.4) is 0 Å². The van der Waals surface area contributed by atoms with Gasteiger partial charge >= 0.3 is 0 Å². The summed E-state index contributed by atoms with van der Waals surface area (Å²) in [5, 5.41) is 2.34. The molecule has 1 aromatic heterocycles. The van der Waals surface area contributed by atoms with Gasteiger partial charge in [-0.05, 0) is 47.9 Å². The minimum absolute atomic E-state index is 0.0584. The van der Waals surface area contributed by atoms with Crippen molar-refractivity contribution in [2.24, 2.45) is 0 Å². The summed E-state index contributed by atoms with van der Waals surface area (Å²) in [6.07, 6.45) is 0.976. The number of carbonyl (C=O) groups excluding carboxylic acids is 1. The molecule has 0 aliphatic rings. The molecule has 0 bridgehead atoms. The molecule has 2 nitrogen and oxygen atoms in total. The van der Waals surface area contributed by atoms with Crippen LogP contribution in [-0.2, 0) is 6.42 Å². The fourth-order valence-corrected chi connectivity index (χ4v) is 3.73. The number of rotatable bonds is 3.